The van der Waals surface area contributed by atoms with Gasteiger partial charge in [-0.2, -0.15) is 0 Å². The van der Waals surface area contributed by atoms with E-state index in [-0.39, 0.29) is 6.61 Å². The maximum Gasteiger partial charge on any atom is 0.128 e. The summed E-state index contributed by atoms with van der Waals surface area (Å²) in [5.41, 5.74) is 4.69. The number of hydrogen-bond donors (Lipinski definition) is 5. The third kappa shape index (κ3) is 3.08. The first kappa shape index (κ1) is 14.2. The summed E-state index contributed by atoms with van der Waals surface area (Å²) >= 11 is 3.89. The highest BCUT2D eigenvalue weighted by Crippen LogP contribution is 2.21. The topological polar surface area (TPSA) is 95.9 Å². The molecule has 0 aliphatic carbocycles. The van der Waals surface area contributed by atoms with Crippen LogP contribution in [0.25, 0.3) is 0 Å². The van der Waals surface area contributed by atoms with Crippen LogP contribution in [0.3, 0.4) is 0 Å². The third-order valence-corrected chi connectivity index (χ3v) is 2.38. The normalized spacial score (nSPS) is 42.6. The Balaban J connectivity index is 0.000000791. The number of nitrogens with two attached hydrogens (primary N) is 1. The minimum atomic E-state index is -1.05. The summed E-state index contributed by atoms with van der Waals surface area (Å²) in [5.74, 6) is 0. The molecule has 0 bridgehead atoms. The van der Waals surface area contributed by atoms with Crippen LogP contribution in [0.15, 0.2) is 0 Å². The van der Waals surface area contributed by atoms with Crippen LogP contribution < -0.4 is 5.73 Å². The van der Waals surface area contributed by atoms with E-state index in [1.54, 1.807) is 0 Å². The maximum absolute atomic E-state index is 9.32. The quantitative estimate of drug-likeness (QED) is 0.358. The molecule has 0 aromatic carbocycles. The highest BCUT2D eigenvalue weighted by atomic mass is 32.1. The fourth-order valence-electron chi connectivity index (χ4n) is 1.13. The van der Waals surface area contributed by atoms with Crippen molar-refractivity contribution in [2.24, 2.45) is 5.73 Å². The molecule has 14 heavy (non-hydrogen) atoms. The third-order valence-electron chi connectivity index (χ3n) is 1.96. The summed E-state index contributed by atoms with van der Waals surface area (Å²) in [4.78, 5) is 0. The van der Waals surface area contributed by atoms with Crippen LogP contribution in [0, 0.1) is 0 Å². The molecule has 1 saturated heterocycles. The van der Waals surface area contributed by atoms with E-state index < -0.39 is 29.8 Å². The van der Waals surface area contributed by atoms with Crippen molar-refractivity contribution in [2.75, 3.05) is 6.61 Å². The van der Waals surface area contributed by atoms with Crippen molar-refractivity contribution in [3.63, 3.8) is 0 Å². The number of thiol groups is 1. The van der Waals surface area contributed by atoms with Gasteiger partial charge in [0.15, 0.2) is 0 Å². The van der Waals surface area contributed by atoms with Crippen molar-refractivity contribution >= 4 is 12.6 Å². The van der Waals surface area contributed by atoms with Crippen LogP contribution in [0.5, 0.6) is 0 Å². The highest BCUT2D eigenvalue weighted by molar-refractivity contribution is 7.80. The first-order valence-corrected chi connectivity index (χ1v) is 5.15. The fraction of sp³-hybridized carbons (Fsp3) is 1.00. The van der Waals surface area contributed by atoms with Crippen molar-refractivity contribution in [1.29, 1.82) is 0 Å². The summed E-state index contributed by atoms with van der Waals surface area (Å²) in [6, 6.07) is -0.821. The van der Waals surface area contributed by atoms with E-state index >= 15 is 0 Å². The Labute approximate surface area is 89.3 Å². The number of ether oxygens (including phenoxy) is 1. The van der Waals surface area contributed by atoms with Gasteiger partial charge < -0.3 is 25.8 Å². The minimum absolute atomic E-state index is 0.335. The van der Waals surface area contributed by atoms with E-state index in [0.29, 0.717) is 0 Å². The molecule has 1 rings (SSSR count). The standard InChI is InChI=1S/C6H13NO4S.C2H6/c7-3-4(9)2(1-8)11-6(12)5(3)10;1-2/h2-6,8-10,12H,1,7H2;1-2H3. The summed E-state index contributed by atoms with van der Waals surface area (Å²) in [5, 5.41) is 27.3. The largest absolute Gasteiger partial charge is 0.394 e. The molecule has 0 amide bonds. The molecule has 5 atom stereocenters. The molecule has 5 N–H and O–H groups in total. The first-order valence-electron chi connectivity index (χ1n) is 4.64. The molecular formula is C8H19NO4S. The Morgan fingerprint density at radius 1 is 1.29 bits per heavy atom. The van der Waals surface area contributed by atoms with Crippen molar-refractivity contribution < 1.29 is 20.1 Å². The number of rotatable bonds is 1. The monoisotopic (exact) mass is 225 g/mol. The second-order valence-electron chi connectivity index (χ2n) is 2.81. The molecule has 1 fully saturated rings. The summed E-state index contributed by atoms with van der Waals surface area (Å²) in [6.45, 7) is 3.67. The summed E-state index contributed by atoms with van der Waals surface area (Å²) in [6.07, 6.45) is -2.81. The molecule has 0 aromatic rings. The van der Waals surface area contributed by atoms with E-state index in [1.807, 2.05) is 13.8 Å². The van der Waals surface area contributed by atoms with Crippen LogP contribution in [0.1, 0.15) is 13.8 Å². The lowest BCUT2D eigenvalue weighted by molar-refractivity contribution is -0.159. The van der Waals surface area contributed by atoms with Gasteiger partial charge in [0.2, 0.25) is 0 Å². The SMILES string of the molecule is CC.NC1C(O)C(S)OC(CO)C1O. The fourth-order valence-corrected chi connectivity index (χ4v) is 1.49. The van der Waals surface area contributed by atoms with Crippen LogP contribution in [-0.2, 0) is 4.74 Å². The molecule has 0 spiro atoms. The second kappa shape index (κ2) is 6.60. The van der Waals surface area contributed by atoms with Gasteiger partial charge in [0, 0.05) is 0 Å². The average molecular weight is 225 g/mol. The smallest absolute Gasteiger partial charge is 0.128 e. The van der Waals surface area contributed by atoms with Gasteiger partial charge in [0.25, 0.3) is 0 Å². The molecule has 5 nitrogen and oxygen atoms in total. The molecule has 1 heterocycles. The molecule has 6 heteroatoms. The predicted octanol–water partition coefficient (Wildman–Crippen LogP) is -1.29. The Bertz CT molecular complexity index is 156. The predicted molar refractivity (Wildman–Crippen MR) is 56.1 cm³/mol. The summed E-state index contributed by atoms with van der Waals surface area (Å²) < 4.78 is 4.96. The Hall–Kier alpha value is 0.150. The van der Waals surface area contributed by atoms with Crippen LogP contribution in [0.2, 0.25) is 0 Å². The first-order chi connectivity index (χ1) is 6.57. The maximum atomic E-state index is 9.32. The van der Waals surface area contributed by atoms with Gasteiger partial charge in [-0.25, -0.2) is 0 Å². The van der Waals surface area contributed by atoms with Gasteiger partial charge in [0.05, 0.1) is 12.6 Å². The van der Waals surface area contributed by atoms with E-state index in [2.05, 4.69) is 12.6 Å². The van der Waals surface area contributed by atoms with Gasteiger partial charge in [-0.15, -0.1) is 12.6 Å². The lowest BCUT2D eigenvalue weighted by Gasteiger charge is -2.38. The number of aliphatic hydroxyl groups excluding tert-OH is 3. The average Bonchev–Trinajstić information content (AvgIpc) is 2.23. The molecule has 1 aliphatic rings. The van der Waals surface area contributed by atoms with Crippen LogP contribution >= 0.6 is 12.6 Å². The lowest BCUT2D eigenvalue weighted by atomic mass is 9.98. The van der Waals surface area contributed by atoms with Crippen LogP contribution in [0.4, 0.5) is 0 Å². The van der Waals surface area contributed by atoms with E-state index in [9.17, 15) is 10.2 Å². The van der Waals surface area contributed by atoms with Gasteiger partial charge in [-0.1, -0.05) is 13.8 Å². The molecule has 0 saturated carbocycles. The highest BCUT2D eigenvalue weighted by Gasteiger charge is 2.40. The number of hydrogen-bond acceptors (Lipinski definition) is 6. The van der Waals surface area contributed by atoms with E-state index in [4.69, 9.17) is 15.6 Å². The van der Waals surface area contributed by atoms with Gasteiger partial charge in [-0.05, 0) is 0 Å². The Morgan fingerprint density at radius 2 is 1.79 bits per heavy atom. The molecule has 86 valence electrons. The molecule has 5 unspecified atom stereocenters. The Morgan fingerprint density at radius 3 is 2.21 bits per heavy atom. The summed E-state index contributed by atoms with van der Waals surface area (Å²) in [7, 11) is 0. The number of aliphatic hydroxyl groups is 3. The second-order valence-corrected chi connectivity index (χ2v) is 3.32. The van der Waals surface area contributed by atoms with Crippen molar-refractivity contribution in [2.45, 2.75) is 43.6 Å². The van der Waals surface area contributed by atoms with Gasteiger partial charge in [0.1, 0.15) is 23.7 Å². The molecule has 0 aromatic heterocycles. The zero-order valence-corrected chi connectivity index (χ0v) is 9.26. The molecule has 1 aliphatic heterocycles. The Kier molecular flexibility index (Phi) is 6.67. The zero-order chi connectivity index (χ0) is 11.3. The molecule has 0 radical (unpaired) electrons. The van der Waals surface area contributed by atoms with Gasteiger partial charge >= 0.3 is 0 Å². The zero-order valence-electron chi connectivity index (χ0n) is 8.37. The van der Waals surface area contributed by atoms with Crippen LogP contribution in [-0.4, -0.2) is 51.7 Å². The van der Waals surface area contributed by atoms with E-state index in [1.165, 1.54) is 0 Å². The van der Waals surface area contributed by atoms with Gasteiger partial charge in [-0.3, -0.25) is 0 Å². The molecular weight excluding hydrogens is 206 g/mol. The lowest BCUT2D eigenvalue weighted by Crippen LogP contribution is -2.60. The van der Waals surface area contributed by atoms with Crippen molar-refractivity contribution in [3.8, 4) is 0 Å². The van der Waals surface area contributed by atoms with E-state index in [0.717, 1.165) is 0 Å². The van der Waals surface area contributed by atoms with Crippen molar-refractivity contribution in [1.82, 2.24) is 0 Å². The minimum Gasteiger partial charge on any atom is -0.394 e. The van der Waals surface area contributed by atoms with Crippen molar-refractivity contribution in [3.05, 3.63) is 0 Å².